The van der Waals surface area contributed by atoms with Crippen LogP contribution in [0.15, 0.2) is 42.5 Å². The van der Waals surface area contributed by atoms with Gasteiger partial charge in [0.1, 0.15) is 0 Å². The first-order valence-corrected chi connectivity index (χ1v) is 9.14. The predicted octanol–water partition coefficient (Wildman–Crippen LogP) is 3.63. The number of carbonyl (C=O) groups excluding carboxylic acids is 2. The number of morpholine rings is 1. The summed E-state index contributed by atoms with van der Waals surface area (Å²) in [7, 11) is 0. The minimum Gasteiger partial charge on any atom is -0.452 e. The molecule has 0 saturated carbocycles. The van der Waals surface area contributed by atoms with Gasteiger partial charge in [-0.3, -0.25) is 4.79 Å². The van der Waals surface area contributed by atoms with E-state index < -0.39 is 18.5 Å². The Labute approximate surface area is 167 Å². The number of nitrogens with one attached hydrogen (secondary N) is 1. The molecule has 1 saturated heterocycles. The average molecular weight is 409 g/mol. The Bertz CT molecular complexity index is 801. The van der Waals surface area contributed by atoms with Gasteiger partial charge in [0, 0.05) is 24.5 Å². The molecule has 142 valence electrons. The lowest BCUT2D eigenvalue weighted by Crippen LogP contribution is -2.36. The number of rotatable bonds is 5. The van der Waals surface area contributed by atoms with Gasteiger partial charge in [0.25, 0.3) is 5.91 Å². The zero-order valence-electron chi connectivity index (χ0n) is 14.4. The SMILES string of the molecule is O=C(COC(=O)c1c(Cl)cccc1Cl)Nc1ccc(N2CCOCC2)cc1. The molecule has 2 aromatic carbocycles. The monoisotopic (exact) mass is 408 g/mol. The number of esters is 1. The first-order valence-electron chi connectivity index (χ1n) is 8.38. The van der Waals surface area contributed by atoms with Crippen LogP contribution in [0, 0.1) is 0 Å². The van der Waals surface area contributed by atoms with Crippen LogP contribution in [-0.2, 0) is 14.3 Å². The van der Waals surface area contributed by atoms with Crippen molar-refractivity contribution in [3.8, 4) is 0 Å². The summed E-state index contributed by atoms with van der Waals surface area (Å²) in [4.78, 5) is 26.3. The van der Waals surface area contributed by atoms with Gasteiger partial charge < -0.3 is 19.7 Å². The number of amides is 1. The third-order valence-corrected chi connectivity index (χ3v) is 4.66. The van der Waals surface area contributed by atoms with Gasteiger partial charge in [0.2, 0.25) is 0 Å². The summed E-state index contributed by atoms with van der Waals surface area (Å²) in [5.74, 6) is -1.20. The zero-order valence-corrected chi connectivity index (χ0v) is 15.9. The van der Waals surface area contributed by atoms with Gasteiger partial charge in [0.15, 0.2) is 6.61 Å². The van der Waals surface area contributed by atoms with Crippen LogP contribution in [0.25, 0.3) is 0 Å². The van der Waals surface area contributed by atoms with Crippen molar-refractivity contribution in [2.75, 3.05) is 43.1 Å². The van der Waals surface area contributed by atoms with E-state index in [1.54, 1.807) is 18.2 Å². The van der Waals surface area contributed by atoms with Crippen molar-refractivity contribution in [3.63, 3.8) is 0 Å². The highest BCUT2D eigenvalue weighted by Crippen LogP contribution is 2.25. The van der Waals surface area contributed by atoms with Crippen LogP contribution in [0.5, 0.6) is 0 Å². The fourth-order valence-corrected chi connectivity index (χ4v) is 3.22. The summed E-state index contributed by atoms with van der Waals surface area (Å²) in [6.07, 6.45) is 0. The molecule has 6 nitrogen and oxygen atoms in total. The van der Waals surface area contributed by atoms with Gasteiger partial charge in [-0.15, -0.1) is 0 Å². The number of halogens is 2. The molecular formula is C19H18Cl2N2O4. The van der Waals surface area contributed by atoms with E-state index in [0.29, 0.717) is 18.9 Å². The third-order valence-electron chi connectivity index (χ3n) is 4.03. The Morgan fingerprint density at radius 3 is 2.30 bits per heavy atom. The maximum absolute atomic E-state index is 12.1. The van der Waals surface area contributed by atoms with Crippen LogP contribution in [0.3, 0.4) is 0 Å². The molecule has 1 aliphatic heterocycles. The zero-order chi connectivity index (χ0) is 19.2. The second kappa shape index (κ2) is 9.08. The van der Waals surface area contributed by atoms with E-state index in [-0.39, 0.29) is 15.6 Å². The molecule has 0 unspecified atom stereocenters. The van der Waals surface area contributed by atoms with Crippen LogP contribution in [-0.4, -0.2) is 44.8 Å². The maximum atomic E-state index is 12.1. The Kier molecular flexibility index (Phi) is 6.55. The van der Waals surface area contributed by atoms with E-state index in [1.165, 1.54) is 12.1 Å². The molecule has 3 rings (SSSR count). The molecule has 1 fully saturated rings. The molecule has 8 heteroatoms. The first-order chi connectivity index (χ1) is 13.0. The Morgan fingerprint density at radius 2 is 1.67 bits per heavy atom. The van der Waals surface area contributed by atoms with Gasteiger partial charge in [-0.25, -0.2) is 4.79 Å². The van der Waals surface area contributed by atoms with Crippen molar-refractivity contribution in [1.29, 1.82) is 0 Å². The number of nitrogens with zero attached hydrogens (tertiary/aromatic N) is 1. The summed E-state index contributed by atoms with van der Waals surface area (Å²) in [6, 6.07) is 12.1. The second-order valence-corrected chi connectivity index (χ2v) is 6.68. The van der Waals surface area contributed by atoms with Crippen molar-refractivity contribution in [1.82, 2.24) is 0 Å². The molecular weight excluding hydrogens is 391 g/mol. The molecule has 0 radical (unpaired) electrons. The predicted molar refractivity (Wildman–Crippen MR) is 105 cm³/mol. The molecule has 0 bridgehead atoms. The normalized spacial score (nSPS) is 13.9. The minimum absolute atomic E-state index is 0.0449. The molecule has 1 N–H and O–H groups in total. The number of hydrogen-bond acceptors (Lipinski definition) is 5. The van der Waals surface area contributed by atoms with Gasteiger partial charge >= 0.3 is 5.97 Å². The van der Waals surface area contributed by atoms with E-state index in [9.17, 15) is 9.59 Å². The highest BCUT2D eigenvalue weighted by Gasteiger charge is 2.17. The molecule has 0 atom stereocenters. The summed E-state index contributed by atoms with van der Waals surface area (Å²) in [5, 5.41) is 3.03. The topological polar surface area (TPSA) is 67.9 Å². The molecule has 1 aliphatic rings. The Morgan fingerprint density at radius 1 is 1.04 bits per heavy atom. The molecule has 1 heterocycles. The summed E-state index contributed by atoms with van der Waals surface area (Å²) in [6.45, 7) is 2.66. The standard InChI is InChI=1S/C19H18Cl2N2O4/c20-15-2-1-3-16(21)18(15)19(25)27-12-17(24)22-13-4-6-14(7-5-13)23-8-10-26-11-9-23/h1-7H,8-12H2,(H,22,24). The molecule has 2 aromatic rings. The van der Waals surface area contributed by atoms with Crippen LogP contribution < -0.4 is 10.2 Å². The Hall–Kier alpha value is -2.28. The summed E-state index contributed by atoms with van der Waals surface area (Å²) >= 11 is 11.9. The van der Waals surface area contributed by atoms with Crippen LogP contribution in [0.1, 0.15) is 10.4 Å². The van der Waals surface area contributed by atoms with Crippen molar-refractivity contribution in [2.24, 2.45) is 0 Å². The lowest BCUT2D eigenvalue weighted by Gasteiger charge is -2.28. The fourth-order valence-electron chi connectivity index (χ4n) is 2.67. The van der Waals surface area contributed by atoms with E-state index in [1.807, 2.05) is 12.1 Å². The maximum Gasteiger partial charge on any atom is 0.341 e. The first kappa shape index (κ1) is 19.5. The highest BCUT2D eigenvalue weighted by molar-refractivity contribution is 6.39. The lowest BCUT2D eigenvalue weighted by atomic mass is 10.2. The number of anilines is 2. The van der Waals surface area contributed by atoms with Crippen LogP contribution in [0.4, 0.5) is 11.4 Å². The van der Waals surface area contributed by atoms with Crippen LogP contribution in [0.2, 0.25) is 10.0 Å². The quantitative estimate of drug-likeness (QED) is 0.765. The highest BCUT2D eigenvalue weighted by atomic mass is 35.5. The number of benzene rings is 2. The fraction of sp³-hybridized carbons (Fsp3) is 0.263. The Balaban J connectivity index is 1.52. The third kappa shape index (κ3) is 5.13. The minimum atomic E-state index is -0.747. The van der Waals surface area contributed by atoms with Crippen molar-refractivity contribution in [3.05, 3.63) is 58.1 Å². The average Bonchev–Trinajstić information content (AvgIpc) is 2.67. The van der Waals surface area contributed by atoms with Gasteiger partial charge in [-0.1, -0.05) is 29.3 Å². The summed E-state index contributed by atoms with van der Waals surface area (Å²) in [5.41, 5.74) is 1.73. The second-order valence-electron chi connectivity index (χ2n) is 5.87. The molecule has 1 amide bonds. The van der Waals surface area contributed by atoms with E-state index in [2.05, 4.69) is 10.2 Å². The van der Waals surface area contributed by atoms with Crippen molar-refractivity contribution in [2.45, 2.75) is 0 Å². The molecule has 0 aliphatic carbocycles. The van der Waals surface area contributed by atoms with E-state index >= 15 is 0 Å². The molecule has 0 aromatic heterocycles. The molecule has 27 heavy (non-hydrogen) atoms. The van der Waals surface area contributed by atoms with E-state index in [0.717, 1.165) is 18.8 Å². The smallest absolute Gasteiger partial charge is 0.341 e. The van der Waals surface area contributed by atoms with Crippen molar-refractivity contribution < 1.29 is 19.1 Å². The number of carbonyl (C=O) groups is 2. The van der Waals surface area contributed by atoms with Crippen molar-refractivity contribution >= 4 is 46.5 Å². The van der Waals surface area contributed by atoms with Gasteiger partial charge in [-0.05, 0) is 36.4 Å². The van der Waals surface area contributed by atoms with E-state index in [4.69, 9.17) is 32.7 Å². The van der Waals surface area contributed by atoms with Crippen LogP contribution >= 0.6 is 23.2 Å². The number of hydrogen-bond donors (Lipinski definition) is 1. The largest absolute Gasteiger partial charge is 0.452 e. The lowest BCUT2D eigenvalue weighted by molar-refractivity contribution is -0.119. The molecule has 0 spiro atoms. The van der Waals surface area contributed by atoms with Gasteiger partial charge in [-0.2, -0.15) is 0 Å². The summed E-state index contributed by atoms with van der Waals surface area (Å²) < 4.78 is 10.3. The number of ether oxygens (including phenoxy) is 2. The van der Waals surface area contributed by atoms with Gasteiger partial charge in [0.05, 0.1) is 28.8 Å².